The fourth-order valence-electron chi connectivity index (χ4n) is 2.55. The fourth-order valence-corrected chi connectivity index (χ4v) is 2.55. The number of aliphatic imine (C=N–C) groups is 1. The maximum Gasteiger partial charge on any atom is 0.255 e. The molecule has 1 aliphatic rings. The minimum atomic E-state index is -0.220. The zero-order valence-electron chi connectivity index (χ0n) is 13.6. The number of ether oxygens (including phenoxy) is 2. The molecule has 1 amide bonds. The van der Waals surface area contributed by atoms with Crippen LogP contribution in [0.25, 0.3) is 0 Å². The highest BCUT2D eigenvalue weighted by molar-refractivity contribution is 6.10. The third-order valence-electron chi connectivity index (χ3n) is 3.75. The van der Waals surface area contributed by atoms with Crippen molar-refractivity contribution < 1.29 is 14.3 Å². The van der Waals surface area contributed by atoms with Crippen LogP contribution in [0.15, 0.2) is 47.5 Å². The van der Waals surface area contributed by atoms with E-state index in [0.29, 0.717) is 22.7 Å². The zero-order chi connectivity index (χ0) is 16.9. The van der Waals surface area contributed by atoms with E-state index < -0.39 is 0 Å². The number of rotatable bonds is 5. The number of hydrogen-bond donors (Lipinski definition) is 2. The van der Waals surface area contributed by atoms with E-state index in [-0.39, 0.29) is 5.91 Å². The Morgan fingerprint density at radius 3 is 2.62 bits per heavy atom. The van der Waals surface area contributed by atoms with Crippen molar-refractivity contribution in [3.05, 3.63) is 53.6 Å². The molecule has 0 saturated heterocycles. The summed E-state index contributed by atoms with van der Waals surface area (Å²) in [5.74, 6) is 1.68. The molecule has 0 atom stereocenters. The largest absolute Gasteiger partial charge is 0.493 e. The van der Waals surface area contributed by atoms with Gasteiger partial charge in [-0.2, -0.15) is 0 Å². The summed E-state index contributed by atoms with van der Waals surface area (Å²) in [5.41, 5.74) is 2.08. The molecule has 2 N–H and O–H groups in total. The Morgan fingerprint density at radius 1 is 1.12 bits per heavy atom. The Hall–Kier alpha value is -3.02. The minimum Gasteiger partial charge on any atom is -0.493 e. The van der Waals surface area contributed by atoms with Gasteiger partial charge in [-0.05, 0) is 30.3 Å². The first-order chi connectivity index (χ1) is 11.7. The molecule has 0 bridgehead atoms. The molecule has 0 radical (unpaired) electrons. The van der Waals surface area contributed by atoms with Gasteiger partial charge in [0.25, 0.3) is 5.91 Å². The van der Waals surface area contributed by atoms with Gasteiger partial charge in [0.1, 0.15) is 5.84 Å². The number of amides is 1. The highest BCUT2D eigenvalue weighted by Gasteiger charge is 2.16. The number of nitrogens with one attached hydrogen (secondary N) is 2. The first-order valence-corrected chi connectivity index (χ1v) is 7.64. The molecule has 6 nitrogen and oxygen atoms in total. The van der Waals surface area contributed by atoms with Gasteiger partial charge in [-0.1, -0.05) is 12.1 Å². The second-order valence-electron chi connectivity index (χ2n) is 5.23. The summed E-state index contributed by atoms with van der Waals surface area (Å²) in [5, 5.41) is 6.16. The highest BCUT2D eigenvalue weighted by Crippen LogP contribution is 2.28. The standard InChI is InChI=1S/C18H19N3O3/c1-23-15-8-7-12(11-16(15)24-2)18(22)21-14-6-4-3-5-13(14)17-19-9-10-20-17/h3-8,11H,9-10H2,1-2H3,(H,19,20)(H,21,22). The van der Waals surface area contributed by atoms with Crippen molar-refractivity contribution in [1.29, 1.82) is 0 Å². The molecule has 0 aliphatic carbocycles. The van der Waals surface area contributed by atoms with Crippen LogP contribution in [0.3, 0.4) is 0 Å². The second-order valence-corrected chi connectivity index (χ2v) is 5.23. The van der Waals surface area contributed by atoms with E-state index in [1.807, 2.05) is 24.3 Å². The lowest BCUT2D eigenvalue weighted by Gasteiger charge is -2.13. The van der Waals surface area contributed by atoms with Crippen LogP contribution in [-0.4, -0.2) is 39.1 Å². The molecule has 0 spiro atoms. The van der Waals surface area contributed by atoms with Gasteiger partial charge >= 0.3 is 0 Å². The summed E-state index contributed by atoms with van der Waals surface area (Å²) >= 11 is 0. The van der Waals surface area contributed by atoms with Gasteiger partial charge in [-0.25, -0.2) is 0 Å². The number of anilines is 1. The third-order valence-corrected chi connectivity index (χ3v) is 3.75. The Bertz CT molecular complexity index is 787. The van der Waals surface area contributed by atoms with Gasteiger partial charge in [-0.15, -0.1) is 0 Å². The van der Waals surface area contributed by atoms with Crippen molar-refractivity contribution in [1.82, 2.24) is 5.32 Å². The van der Waals surface area contributed by atoms with Crippen LogP contribution in [-0.2, 0) is 0 Å². The topological polar surface area (TPSA) is 72.0 Å². The number of hydrogen-bond acceptors (Lipinski definition) is 5. The number of carbonyl (C=O) groups excluding carboxylic acids is 1. The Balaban J connectivity index is 1.85. The molecule has 2 aromatic carbocycles. The molecule has 1 aliphatic heterocycles. The predicted molar refractivity (Wildman–Crippen MR) is 93.3 cm³/mol. The molecule has 0 fully saturated rings. The quantitative estimate of drug-likeness (QED) is 0.885. The van der Waals surface area contributed by atoms with Gasteiger partial charge in [-0.3, -0.25) is 9.79 Å². The Morgan fingerprint density at radius 2 is 1.92 bits per heavy atom. The monoisotopic (exact) mass is 325 g/mol. The molecule has 0 unspecified atom stereocenters. The van der Waals surface area contributed by atoms with E-state index in [1.165, 1.54) is 0 Å². The lowest BCUT2D eigenvalue weighted by atomic mass is 10.1. The Kier molecular flexibility index (Phi) is 4.65. The lowest BCUT2D eigenvalue weighted by Crippen LogP contribution is -2.22. The zero-order valence-corrected chi connectivity index (χ0v) is 13.6. The molecule has 124 valence electrons. The van der Waals surface area contributed by atoms with Crippen molar-refractivity contribution in [3.8, 4) is 11.5 Å². The highest BCUT2D eigenvalue weighted by atomic mass is 16.5. The van der Waals surface area contributed by atoms with Crippen LogP contribution in [0.2, 0.25) is 0 Å². The van der Waals surface area contributed by atoms with Crippen molar-refractivity contribution >= 4 is 17.4 Å². The SMILES string of the molecule is COc1ccc(C(=O)Nc2ccccc2C2=NCCN2)cc1OC. The number of para-hydroxylation sites is 1. The summed E-state index contributed by atoms with van der Waals surface area (Å²) in [6, 6.07) is 12.7. The molecular formula is C18H19N3O3. The maximum atomic E-state index is 12.6. The smallest absolute Gasteiger partial charge is 0.255 e. The average Bonchev–Trinajstić information content (AvgIpc) is 3.16. The summed E-state index contributed by atoms with van der Waals surface area (Å²) in [6.45, 7) is 1.56. The van der Waals surface area contributed by atoms with Crippen LogP contribution >= 0.6 is 0 Å². The number of nitrogens with zero attached hydrogens (tertiary/aromatic N) is 1. The third kappa shape index (κ3) is 3.17. The van der Waals surface area contributed by atoms with E-state index >= 15 is 0 Å². The molecule has 24 heavy (non-hydrogen) atoms. The molecular weight excluding hydrogens is 306 g/mol. The first kappa shape index (κ1) is 15.9. The van der Waals surface area contributed by atoms with Crippen molar-refractivity contribution in [2.45, 2.75) is 0 Å². The van der Waals surface area contributed by atoms with Crippen molar-refractivity contribution in [3.63, 3.8) is 0 Å². The molecule has 3 rings (SSSR count). The van der Waals surface area contributed by atoms with Crippen molar-refractivity contribution in [2.75, 3.05) is 32.6 Å². The number of benzene rings is 2. The summed E-state index contributed by atoms with van der Waals surface area (Å²) < 4.78 is 10.4. The summed E-state index contributed by atoms with van der Waals surface area (Å²) in [7, 11) is 3.10. The summed E-state index contributed by atoms with van der Waals surface area (Å²) in [4.78, 5) is 17.0. The minimum absolute atomic E-state index is 0.220. The molecule has 2 aromatic rings. The molecule has 1 heterocycles. The van der Waals surface area contributed by atoms with E-state index in [4.69, 9.17) is 9.47 Å². The van der Waals surface area contributed by atoms with Gasteiger partial charge in [0.15, 0.2) is 11.5 Å². The number of carbonyl (C=O) groups is 1. The maximum absolute atomic E-state index is 12.6. The van der Waals surface area contributed by atoms with Crippen LogP contribution in [0.5, 0.6) is 11.5 Å². The first-order valence-electron chi connectivity index (χ1n) is 7.64. The lowest BCUT2D eigenvalue weighted by molar-refractivity contribution is 0.102. The summed E-state index contributed by atoms with van der Waals surface area (Å²) in [6.07, 6.45) is 0. The molecule has 0 saturated carbocycles. The van der Waals surface area contributed by atoms with E-state index in [0.717, 1.165) is 24.5 Å². The van der Waals surface area contributed by atoms with E-state index in [1.54, 1.807) is 32.4 Å². The van der Waals surface area contributed by atoms with Gasteiger partial charge in [0.05, 0.1) is 26.5 Å². The predicted octanol–water partition coefficient (Wildman–Crippen LogP) is 2.31. The number of amidine groups is 1. The Labute approximate surface area is 140 Å². The van der Waals surface area contributed by atoms with E-state index in [2.05, 4.69) is 15.6 Å². The number of methoxy groups -OCH3 is 2. The van der Waals surface area contributed by atoms with Gasteiger partial charge in [0, 0.05) is 17.7 Å². The average molecular weight is 325 g/mol. The van der Waals surface area contributed by atoms with Crippen molar-refractivity contribution in [2.24, 2.45) is 4.99 Å². The van der Waals surface area contributed by atoms with E-state index in [9.17, 15) is 4.79 Å². The normalized spacial score (nSPS) is 13.0. The molecule has 6 heteroatoms. The van der Waals surface area contributed by atoms with Gasteiger partial charge in [0.2, 0.25) is 0 Å². The van der Waals surface area contributed by atoms with Crippen LogP contribution < -0.4 is 20.1 Å². The second kappa shape index (κ2) is 7.04. The van der Waals surface area contributed by atoms with Crippen LogP contribution in [0, 0.1) is 0 Å². The van der Waals surface area contributed by atoms with Crippen LogP contribution in [0.4, 0.5) is 5.69 Å². The fraction of sp³-hybridized carbons (Fsp3) is 0.222. The van der Waals surface area contributed by atoms with Gasteiger partial charge < -0.3 is 20.1 Å². The molecule has 0 aromatic heterocycles. The van der Waals surface area contributed by atoms with Crippen LogP contribution in [0.1, 0.15) is 15.9 Å².